The summed E-state index contributed by atoms with van der Waals surface area (Å²) in [5, 5.41) is 32.7. The van der Waals surface area contributed by atoms with Crippen LogP contribution in [-0.2, 0) is 62.4 Å². The number of carbonyl (C=O) groups excluding carboxylic acids is 9. The predicted molar refractivity (Wildman–Crippen MR) is 273 cm³/mol. The molecule has 0 bridgehead atoms. The first kappa shape index (κ1) is 56.6. The summed E-state index contributed by atoms with van der Waals surface area (Å²) < 4.78 is 0. The number of guanidine groups is 1. The molecule has 1 aliphatic heterocycles. The molecule has 16 N–H and O–H groups in total. The Morgan fingerprint density at radius 2 is 1.42 bits per heavy atom. The van der Waals surface area contributed by atoms with Crippen LogP contribution in [0.15, 0.2) is 73.3 Å². The first-order chi connectivity index (χ1) is 35.5. The lowest BCUT2D eigenvalue weighted by Crippen LogP contribution is -2.61. The average Bonchev–Trinajstić information content (AvgIpc) is 4.04. The minimum Gasteiger partial charge on any atom is -0.370 e. The Hall–Kier alpha value is -8.31. The number of para-hydroxylation sites is 1. The minimum atomic E-state index is -1.43. The van der Waals surface area contributed by atoms with Crippen LogP contribution in [0.3, 0.4) is 0 Å². The number of nitrogens with one attached hydrogen (secondary N) is 12. The van der Waals surface area contributed by atoms with Crippen LogP contribution in [0.2, 0.25) is 0 Å². The van der Waals surface area contributed by atoms with Crippen molar-refractivity contribution in [1.82, 2.24) is 62.8 Å². The number of fused-ring (bicyclic) bond motifs is 1. The highest BCUT2D eigenvalue weighted by Crippen LogP contribution is 2.20. The van der Waals surface area contributed by atoms with Crippen molar-refractivity contribution in [3.05, 3.63) is 90.1 Å². The Bertz CT molecular complexity index is 2570. The molecule has 1 fully saturated rings. The fourth-order valence-electron chi connectivity index (χ4n) is 8.42. The second-order valence-electron chi connectivity index (χ2n) is 18.2. The Morgan fingerprint density at radius 3 is 2.09 bits per heavy atom. The molecule has 5 rings (SSSR count). The zero-order valence-electron chi connectivity index (χ0n) is 41.6. The first-order valence-electron chi connectivity index (χ1n) is 24.8. The van der Waals surface area contributed by atoms with Gasteiger partial charge < -0.3 is 69.3 Å². The molecule has 0 aliphatic carbocycles. The van der Waals surface area contributed by atoms with E-state index in [2.05, 4.69) is 62.8 Å². The summed E-state index contributed by atoms with van der Waals surface area (Å²) in [6.45, 7) is 3.30. The van der Waals surface area contributed by atoms with Crippen LogP contribution in [0, 0.1) is 5.41 Å². The monoisotopic (exact) mass is 1020 g/mol. The molecule has 0 radical (unpaired) electrons. The molecule has 24 heteroatoms. The number of unbranched alkanes of at least 4 members (excludes halogenated alkanes) is 1. The van der Waals surface area contributed by atoms with Crippen molar-refractivity contribution in [2.45, 2.75) is 133 Å². The number of hydrogen-bond donors (Lipinski definition) is 14. The van der Waals surface area contributed by atoms with Gasteiger partial charge in [0.1, 0.15) is 42.3 Å². The van der Waals surface area contributed by atoms with Gasteiger partial charge in [0, 0.05) is 69.0 Å². The largest absolute Gasteiger partial charge is 0.370 e. The molecule has 0 saturated carbocycles. The van der Waals surface area contributed by atoms with Gasteiger partial charge in [0.2, 0.25) is 53.2 Å². The van der Waals surface area contributed by atoms with Crippen LogP contribution >= 0.6 is 0 Å². The van der Waals surface area contributed by atoms with E-state index in [4.69, 9.17) is 16.9 Å². The summed E-state index contributed by atoms with van der Waals surface area (Å²) in [4.78, 5) is 135. The van der Waals surface area contributed by atoms with Gasteiger partial charge in [-0.05, 0) is 55.7 Å². The van der Waals surface area contributed by atoms with E-state index in [-0.39, 0.29) is 83.3 Å². The number of amides is 9. The Labute approximate surface area is 428 Å². The molecule has 398 valence electrons. The third kappa shape index (κ3) is 18.1. The molecule has 4 aromatic rings. The van der Waals surface area contributed by atoms with Gasteiger partial charge in [-0.15, -0.1) is 0 Å². The van der Waals surface area contributed by atoms with Crippen molar-refractivity contribution in [1.29, 1.82) is 5.41 Å². The molecule has 2 aromatic heterocycles. The number of nitrogens with two attached hydrogens (primary N) is 2. The smallest absolute Gasteiger partial charge is 0.243 e. The topological polar surface area (TPSA) is 382 Å². The SMILES string of the molecule is CCCC[C@H](NC(C)=O)C(=O)N[C@H]1CCC(=O)NCCCC(C(N)=O)NC(=O)[C@H](Cc2c[nH]c3ccccc23)NC(=O)[C@H](CCCNC(=N)N)NC(=O)[C@@H](Cc2ccccc2)NC(=O)[C@H](Cc2c[nH]cn2)NC1=O. The lowest BCUT2D eigenvalue weighted by molar-refractivity contribution is -0.135. The molecular formula is C50H69N15O9. The normalized spacial score (nSPS) is 21.3. The molecule has 9 amide bonds. The summed E-state index contributed by atoms with van der Waals surface area (Å²) in [5.74, 6) is -7.00. The summed E-state index contributed by atoms with van der Waals surface area (Å²) >= 11 is 0. The average molecular weight is 1020 g/mol. The van der Waals surface area contributed by atoms with Crippen molar-refractivity contribution in [3.8, 4) is 0 Å². The van der Waals surface area contributed by atoms with Crippen LogP contribution in [0.4, 0.5) is 0 Å². The highest BCUT2D eigenvalue weighted by molar-refractivity contribution is 5.98. The van der Waals surface area contributed by atoms with Crippen molar-refractivity contribution < 1.29 is 43.2 Å². The standard InChI is InChI=1S/C50H69N15O9/c1-3-4-15-36(59-29(2)66)44(69)62-38-19-20-42(67)55-21-10-17-35(43(51)68)60-48(73)40(24-31-26-57-34-16-9-8-14-33(31)34)64-45(70)37(18-11-22-56-50(52)53)61-47(72)39(23-30-12-6-5-7-13-30)63-49(74)41(65-46(38)71)25-32-27-54-28-58-32/h5-9,12-14,16,26-28,35-41,57H,3-4,10-11,15,17-25H2,1-2H3,(H2,51,68)(H,54,58)(H,55,67)(H,59,66)(H,60,73)(H,61,72)(H,62,69)(H,63,74)(H,64,70)(H,65,71)(H4,52,53,56)/t35?,36-,37-,38-,39+,40-,41-/m0/s1. The summed E-state index contributed by atoms with van der Waals surface area (Å²) in [5.41, 5.74) is 13.7. The molecule has 2 aromatic carbocycles. The van der Waals surface area contributed by atoms with E-state index in [1.807, 2.05) is 31.2 Å². The van der Waals surface area contributed by atoms with Gasteiger partial charge in [-0.25, -0.2) is 4.98 Å². The fourth-order valence-corrected chi connectivity index (χ4v) is 8.42. The minimum absolute atomic E-state index is 0.00869. The maximum absolute atomic E-state index is 14.7. The van der Waals surface area contributed by atoms with E-state index in [1.165, 1.54) is 19.4 Å². The summed E-state index contributed by atoms with van der Waals surface area (Å²) in [6.07, 6.45) is 5.42. The lowest BCUT2D eigenvalue weighted by atomic mass is 10.0. The molecule has 1 aliphatic rings. The van der Waals surface area contributed by atoms with Gasteiger partial charge in [0.05, 0.1) is 12.0 Å². The van der Waals surface area contributed by atoms with E-state index in [1.54, 1.807) is 36.5 Å². The maximum atomic E-state index is 14.7. The molecule has 7 atom stereocenters. The maximum Gasteiger partial charge on any atom is 0.243 e. The highest BCUT2D eigenvalue weighted by Gasteiger charge is 2.35. The van der Waals surface area contributed by atoms with Crippen LogP contribution in [0.5, 0.6) is 0 Å². The molecule has 0 spiro atoms. The Morgan fingerprint density at radius 1 is 0.770 bits per heavy atom. The number of rotatable bonds is 17. The van der Waals surface area contributed by atoms with E-state index >= 15 is 0 Å². The number of nitrogens with zero attached hydrogens (tertiary/aromatic N) is 1. The highest BCUT2D eigenvalue weighted by atomic mass is 16.2. The van der Waals surface area contributed by atoms with E-state index in [0.717, 1.165) is 10.9 Å². The van der Waals surface area contributed by atoms with Gasteiger partial charge >= 0.3 is 0 Å². The number of H-pyrrole nitrogens is 2. The zero-order valence-corrected chi connectivity index (χ0v) is 41.6. The van der Waals surface area contributed by atoms with Crippen molar-refractivity contribution in [3.63, 3.8) is 0 Å². The number of benzene rings is 2. The quantitative estimate of drug-likeness (QED) is 0.0343. The number of imidazole rings is 1. The van der Waals surface area contributed by atoms with Gasteiger partial charge in [-0.3, -0.25) is 48.6 Å². The first-order valence-corrected chi connectivity index (χ1v) is 24.8. The van der Waals surface area contributed by atoms with E-state index < -0.39 is 95.5 Å². The van der Waals surface area contributed by atoms with Crippen molar-refractivity contribution >= 4 is 70.0 Å². The van der Waals surface area contributed by atoms with Gasteiger partial charge in [-0.1, -0.05) is 68.3 Å². The third-order valence-electron chi connectivity index (χ3n) is 12.4. The fraction of sp³-hybridized carbons (Fsp3) is 0.460. The number of aromatic amines is 2. The van der Waals surface area contributed by atoms with Crippen LogP contribution in [0.1, 0.15) is 88.5 Å². The lowest BCUT2D eigenvalue weighted by Gasteiger charge is -2.28. The Balaban J connectivity index is 1.55. The van der Waals surface area contributed by atoms with E-state index in [9.17, 15) is 43.2 Å². The number of hydrogen-bond acceptors (Lipinski definition) is 11. The second kappa shape index (κ2) is 28.7. The van der Waals surface area contributed by atoms with Gasteiger partial charge in [0.25, 0.3) is 0 Å². The molecular weight excluding hydrogens is 955 g/mol. The van der Waals surface area contributed by atoms with Crippen molar-refractivity contribution in [2.24, 2.45) is 11.5 Å². The predicted octanol–water partition coefficient (Wildman–Crippen LogP) is -1.04. The third-order valence-corrected chi connectivity index (χ3v) is 12.4. The molecule has 3 heterocycles. The molecule has 1 saturated heterocycles. The zero-order chi connectivity index (χ0) is 53.6. The Kier molecular flexibility index (Phi) is 21.9. The molecule has 1 unspecified atom stereocenters. The van der Waals surface area contributed by atoms with Gasteiger partial charge in [0.15, 0.2) is 5.96 Å². The molecule has 24 nitrogen and oxygen atoms in total. The number of primary amides is 1. The van der Waals surface area contributed by atoms with Crippen LogP contribution in [0.25, 0.3) is 10.9 Å². The summed E-state index contributed by atoms with van der Waals surface area (Å²) in [6, 6.07) is 6.82. The molecule has 74 heavy (non-hydrogen) atoms. The second-order valence-corrected chi connectivity index (χ2v) is 18.2. The number of aromatic nitrogens is 3. The van der Waals surface area contributed by atoms with Crippen LogP contribution in [-0.4, -0.2) is 129 Å². The van der Waals surface area contributed by atoms with E-state index in [0.29, 0.717) is 29.7 Å². The van der Waals surface area contributed by atoms with Gasteiger partial charge in [-0.2, -0.15) is 0 Å². The van der Waals surface area contributed by atoms with Crippen LogP contribution < -0.4 is 59.3 Å². The number of carbonyl (C=O) groups is 9. The van der Waals surface area contributed by atoms with Crippen molar-refractivity contribution in [2.75, 3.05) is 13.1 Å². The summed E-state index contributed by atoms with van der Waals surface area (Å²) in [7, 11) is 0.